The van der Waals surface area contributed by atoms with Gasteiger partial charge in [0.2, 0.25) is 5.95 Å². The molecule has 0 bridgehead atoms. The zero-order chi connectivity index (χ0) is 15.1. The number of nitrogens with zero attached hydrogens (tertiary/aromatic N) is 5. The lowest BCUT2D eigenvalue weighted by Crippen LogP contribution is -2.15. The van der Waals surface area contributed by atoms with E-state index < -0.39 is 0 Å². The van der Waals surface area contributed by atoms with Gasteiger partial charge in [0.25, 0.3) is 5.78 Å². The Morgan fingerprint density at radius 2 is 1.95 bits per heavy atom. The summed E-state index contributed by atoms with van der Waals surface area (Å²) in [7, 11) is 0. The van der Waals surface area contributed by atoms with Gasteiger partial charge in [-0.2, -0.15) is 19.5 Å². The molecule has 4 rings (SSSR count). The van der Waals surface area contributed by atoms with Crippen LogP contribution in [0.15, 0.2) is 23.4 Å². The predicted molar refractivity (Wildman–Crippen MR) is 81.2 cm³/mol. The molecule has 0 radical (unpaired) electrons. The van der Waals surface area contributed by atoms with Crippen molar-refractivity contribution in [3.05, 3.63) is 18.2 Å². The fraction of sp³-hybridized carbons (Fsp3) is 0.231. The maximum Gasteiger partial charge on any atom is 0.258 e. The third-order valence-electron chi connectivity index (χ3n) is 3.20. The number of aromatic nitrogens is 5. The van der Waals surface area contributed by atoms with Gasteiger partial charge in [-0.1, -0.05) is 11.8 Å². The molecular formula is C13H12N6O2S. The fourth-order valence-electron chi connectivity index (χ4n) is 2.18. The maximum absolute atomic E-state index is 5.89. The van der Waals surface area contributed by atoms with E-state index in [4.69, 9.17) is 15.2 Å². The van der Waals surface area contributed by atoms with Crippen molar-refractivity contribution in [2.24, 2.45) is 0 Å². The lowest BCUT2D eigenvalue weighted by molar-refractivity contribution is 0.171. The first-order valence-electron chi connectivity index (χ1n) is 6.59. The van der Waals surface area contributed by atoms with Gasteiger partial charge in [0, 0.05) is 5.56 Å². The molecular weight excluding hydrogens is 304 g/mol. The molecule has 8 nitrogen and oxygen atoms in total. The molecule has 9 heteroatoms. The average Bonchev–Trinajstić information content (AvgIpc) is 2.99. The van der Waals surface area contributed by atoms with Crippen LogP contribution in [0.2, 0.25) is 0 Å². The summed E-state index contributed by atoms with van der Waals surface area (Å²) >= 11 is 1.40. The molecule has 0 aliphatic carbocycles. The molecule has 0 saturated heterocycles. The second kappa shape index (κ2) is 5.02. The number of nitrogen functional groups attached to an aromatic ring is 1. The molecule has 3 aromatic rings. The second-order valence-electron chi connectivity index (χ2n) is 4.57. The van der Waals surface area contributed by atoms with Crippen LogP contribution in [-0.2, 0) is 0 Å². The van der Waals surface area contributed by atoms with Crippen LogP contribution in [-0.4, -0.2) is 44.0 Å². The van der Waals surface area contributed by atoms with Crippen LogP contribution in [0.5, 0.6) is 11.5 Å². The van der Waals surface area contributed by atoms with Gasteiger partial charge < -0.3 is 15.2 Å². The molecule has 112 valence electrons. The van der Waals surface area contributed by atoms with Gasteiger partial charge in [-0.3, -0.25) is 0 Å². The van der Waals surface area contributed by atoms with Crippen LogP contribution in [0.1, 0.15) is 0 Å². The van der Waals surface area contributed by atoms with Crippen LogP contribution < -0.4 is 15.2 Å². The number of thioether (sulfide) groups is 1. The highest BCUT2D eigenvalue weighted by Crippen LogP contribution is 2.33. The highest BCUT2D eigenvalue weighted by atomic mass is 32.2. The average molecular weight is 316 g/mol. The quantitative estimate of drug-likeness (QED) is 0.705. The third-order valence-corrected chi connectivity index (χ3v) is 3.74. The van der Waals surface area contributed by atoms with Crippen LogP contribution in [0.4, 0.5) is 5.95 Å². The first-order valence-corrected chi connectivity index (χ1v) is 7.81. The Bertz CT molecular complexity index is 865. The number of benzene rings is 1. The van der Waals surface area contributed by atoms with Crippen LogP contribution in [0.25, 0.3) is 17.2 Å². The van der Waals surface area contributed by atoms with E-state index in [1.165, 1.54) is 16.3 Å². The molecule has 2 aromatic heterocycles. The fourth-order valence-corrected chi connectivity index (χ4v) is 2.54. The zero-order valence-electron chi connectivity index (χ0n) is 11.7. The van der Waals surface area contributed by atoms with Crippen molar-refractivity contribution >= 4 is 23.5 Å². The van der Waals surface area contributed by atoms with Crippen molar-refractivity contribution in [2.45, 2.75) is 5.16 Å². The van der Waals surface area contributed by atoms with Crippen molar-refractivity contribution in [3.8, 4) is 22.9 Å². The van der Waals surface area contributed by atoms with Gasteiger partial charge in [0.15, 0.2) is 22.5 Å². The summed E-state index contributed by atoms with van der Waals surface area (Å²) in [4.78, 5) is 12.8. The number of nitrogens with two attached hydrogens (primary N) is 1. The summed E-state index contributed by atoms with van der Waals surface area (Å²) in [5.41, 5.74) is 6.69. The predicted octanol–water partition coefficient (Wildman–Crippen LogP) is 1.26. The first-order chi connectivity index (χ1) is 10.7. The Balaban J connectivity index is 1.82. The molecule has 0 atom stereocenters. The second-order valence-corrected chi connectivity index (χ2v) is 5.35. The molecule has 1 aliphatic heterocycles. The highest BCUT2D eigenvalue weighted by Gasteiger charge is 2.16. The summed E-state index contributed by atoms with van der Waals surface area (Å²) in [6.07, 6.45) is 1.88. The lowest BCUT2D eigenvalue weighted by Gasteiger charge is -2.18. The molecule has 1 aliphatic rings. The topological polar surface area (TPSA) is 100 Å². The van der Waals surface area contributed by atoms with Crippen LogP contribution in [0.3, 0.4) is 0 Å². The minimum Gasteiger partial charge on any atom is -0.486 e. The Labute approximate surface area is 129 Å². The van der Waals surface area contributed by atoms with Gasteiger partial charge in [-0.25, -0.2) is 0 Å². The minimum absolute atomic E-state index is 0.255. The van der Waals surface area contributed by atoms with Gasteiger partial charge in [-0.15, -0.1) is 5.10 Å². The Morgan fingerprint density at radius 3 is 2.77 bits per heavy atom. The van der Waals surface area contributed by atoms with Gasteiger partial charge >= 0.3 is 0 Å². The van der Waals surface area contributed by atoms with Crippen molar-refractivity contribution in [3.63, 3.8) is 0 Å². The van der Waals surface area contributed by atoms with Crippen molar-refractivity contribution in [1.82, 2.24) is 24.6 Å². The van der Waals surface area contributed by atoms with Crippen molar-refractivity contribution in [1.29, 1.82) is 0 Å². The van der Waals surface area contributed by atoms with E-state index in [0.717, 1.165) is 11.3 Å². The standard InChI is InChI=1S/C13H12N6O2S/c1-22-13-16-11(14)19-12(17-13)15-10(18-19)7-2-3-8-9(6-7)21-5-4-20-8/h2-3,6H,4-5H2,1H3,(H2,14,15,16,17,18). The molecule has 0 fully saturated rings. The summed E-state index contributed by atoms with van der Waals surface area (Å²) in [6.45, 7) is 1.09. The molecule has 2 N–H and O–H groups in total. The summed E-state index contributed by atoms with van der Waals surface area (Å²) in [5.74, 6) is 2.60. The van der Waals surface area contributed by atoms with Gasteiger partial charge in [-0.05, 0) is 24.5 Å². The van der Waals surface area contributed by atoms with E-state index in [1.54, 1.807) is 0 Å². The number of rotatable bonds is 2. The smallest absolute Gasteiger partial charge is 0.258 e. The number of fused-ring (bicyclic) bond motifs is 2. The molecule has 0 saturated carbocycles. The van der Waals surface area contributed by atoms with E-state index in [2.05, 4.69) is 20.1 Å². The summed E-state index contributed by atoms with van der Waals surface area (Å²) < 4.78 is 12.5. The van der Waals surface area contributed by atoms with E-state index in [0.29, 0.717) is 35.7 Å². The van der Waals surface area contributed by atoms with E-state index in [1.807, 2.05) is 24.5 Å². The maximum atomic E-state index is 5.89. The van der Waals surface area contributed by atoms with Crippen LogP contribution >= 0.6 is 11.8 Å². The summed E-state index contributed by atoms with van der Waals surface area (Å²) in [6, 6.07) is 5.57. The SMILES string of the molecule is CSc1nc(N)n2nc(-c3ccc4c(c3)OCCO4)nc2n1. The van der Waals surface area contributed by atoms with Crippen molar-refractivity contribution in [2.75, 3.05) is 25.2 Å². The van der Waals surface area contributed by atoms with E-state index in [9.17, 15) is 0 Å². The van der Waals surface area contributed by atoms with Gasteiger partial charge in [0.1, 0.15) is 13.2 Å². The van der Waals surface area contributed by atoms with Crippen LogP contribution in [0, 0.1) is 0 Å². The Hall–Kier alpha value is -2.55. The Kier molecular flexibility index (Phi) is 3.00. The monoisotopic (exact) mass is 316 g/mol. The Morgan fingerprint density at radius 1 is 1.14 bits per heavy atom. The van der Waals surface area contributed by atoms with Gasteiger partial charge in [0.05, 0.1) is 0 Å². The zero-order valence-corrected chi connectivity index (χ0v) is 12.5. The number of hydrogen-bond acceptors (Lipinski definition) is 8. The number of hydrogen-bond donors (Lipinski definition) is 1. The molecule has 3 heterocycles. The molecule has 0 spiro atoms. The lowest BCUT2D eigenvalue weighted by atomic mass is 10.2. The number of ether oxygens (including phenoxy) is 2. The highest BCUT2D eigenvalue weighted by molar-refractivity contribution is 7.98. The molecule has 0 unspecified atom stereocenters. The minimum atomic E-state index is 0.255. The molecule has 1 aromatic carbocycles. The number of anilines is 1. The van der Waals surface area contributed by atoms with E-state index in [-0.39, 0.29) is 5.95 Å². The molecule has 22 heavy (non-hydrogen) atoms. The molecule has 0 amide bonds. The largest absolute Gasteiger partial charge is 0.486 e. The summed E-state index contributed by atoms with van der Waals surface area (Å²) in [5, 5.41) is 4.92. The van der Waals surface area contributed by atoms with E-state index >= 15 is 0 Å². The van der Waals surface area contributed by atoms with Crippen molar-refractivity contribution < 1.29 is 9.47 Å². The first kappa shape index (κ1) is 13.1. The normalized spacial score (nSPS) is 13.5. The third kappa shape index (κ3) is 2.10.